The zero-order valence-corrected chi connectivity index (χ0v) is 25.2. The Morgan fingerprint density at radius 1 is 0.432 bits per heavy atom. The number of hydrogen-bond acceptors (Lipinski definition) is 12. The monoisotopic (exact) mass is 781 g/mol. The third-order valence-corrected chi connectivity index (χ3v) is 5.30. The minimum absolute atomic E-state index is 0. The number of amides is 2. The van der Waals surface area contributed by atoms with Crippen LogP contribution in [0.1, 0.15) is 12.8 Å². The molecule has 22 heteroatoms. The summed E-state index contributed by atoms with van der Waals surface area (Å²) in [6.07, 6.45) is -1.90. The second kappa shape index (κ2) is 22.0. The number of carbonyl (C=O) groups excluding carboxylic acids is 2. The van der Waals surface area contributed by atoms with Gasteiger partial charge in [0.25, 0.3) is 0 Å². The van der Waals surface area contributed by atoms with Crippen LogP contribution in [0, 0.1) is 39.9 Å². The summed E-state index contributed by atoms with van der Waals surface area (Å²) < 4.78 is 0. The van der Waals surface area contributed by atoms with E-state index in [1.807, 2.05) is 10.6 Å². The first-order chi connectivity index (χ1) is 19.9. The molecular formula is C22H33GdN5O16+3. The van der Waals surface area contributed by atoms with E-state index in [0.717, 1.165) is 9.80 Å². The number of nitrogens with one attached hydrogen (secondary N) is 2. The van der Waals surface area contributed by atoms with Crippen LogP contribution in [0.4, 0.5) is 0 Å². The number of rotatable bonds is 24. The van der Waals surface area contributed by atoms with Crippen LogP contribution in [-0.4, -0.2) is 175 Å². The number of carboxylic acids is 7. The van der Waals surface area contributed by atoms with Crippen molar-refractivity contribution in [1.29, 1.82) is 0 Å². The van der Waals surface area contributed by atoms with E-state index in [9.17, 15) is 48.3 Å². The van der Waals surface area contributed by atoms with Crippen molar-refractivity contribution < 1.29 is 119 Å². The first-order valence-electron chi connectivity index (χ1n) is 12.2. The van der Waals surface area contributed by atoms with E-state index in [4.69, 9.17) is 30.6 Å². The van der Waals surface area contributed by atoms with Gasteiger partial charge in [-0.05, 0) is 0 Å². The van der Waals surface area contributed by atoms with Gasteiger partial charge in [-0.2, -0.15) is 0 Å². The van der Waals surface area contributed by atoms with E-state index in [1.54, 1.807) is 0 Å². The maximum absolute atomic E-state index is 12.3. The van der Waals surface area contributed by atoms with Crippen LogP contribution in [0.25, 0.3) is 0 Å². The van der Waals surface area contributed by atoms with Gasteiger partial charge in [-0.25, -0.2) is 9.59 Å². The van der Waals surface area contributed by atoms with Crippen molar-refractivity contribution in [3.63, 3.8) is 0 Å². The van der Waals surface area contributed by atoms with Crippen LogP contribution >= 0.6 is 0 Å². The Morgan fingerprint density at radius 3 is 0.955 bits per heavy atom. The van der Waals surface area contributed by atoms with Gasteiger partial charge < -0.3 is 46.4 Å². The molecular weight excluding hydrogens is 748 g/mol. The molecule has 0 aromatic carbocycles. The van der Waals surface area contributed by atoms with E-state index in [1.165, 1.54) is 4.90 Å². The Kier molecular flexibility index (Phi) is 21.3. The summed E-state index contributed by atoms with van der Waals surface area (Å²) >= 11 is 0. The largest absolute Gasteiger partial charge is 3.00 e. The van der Waals surface area contributed by atoms with Crippen LogP contribution < -0.4 is 10.6 Å². The Bertz CT molecular complexity index is 999. The summed E-state index contributed by atoms with van der Waals surface area (Å²) in [5.41, 5.74) is 0. The van der Waals surface area contributed by atoms with Crippen LogP contribution in [-0.2, 0) is 43.2 Å². The number of carbonyl (C=O) groups is 9. The Morgan fingerprint density at radius 2 is 0.705 bits per heavy atom. The molecule has 9 N–H and O–H groups in total. The molecule has 0 spiro atoms. The summed E-state index contributed by atoms with van der Waals surface area (Å²) in [6, 6.07) is -3.60. The molecule has 0 aliphatic carbocycles. The second-order valence-electron chi connectivity index (χ2n) is 8.99. The molecule has 1 radical (unpaired) electrons. The number of carboxylic acid groups (broad SMARTS) is 7. The standard InChI is InChI=1S/C22H33N5O16.Gd/c28-14(23-12(21(40)41)5-16(30)31)7-26(10-19(36)37)3-1-25(9-18(34)35)2-4-27(11-20(38)39)8-15(29)24-13(22(42)43)6-17(32)33;/h12-13H,1-11H2,(H,23,28)(H,24,29)(H,30,31)(H,32,33)(H,34,35)(H,36,37)(H,38,39)(H,40,41)(H,42,43);/q;+3. The molecule has 2 unspecified atom stereocenters. The molecule has 0 rings (SSSR count). The minimum atomic E-state index is -1.80. The first-order valence-corrected chi connectivity index (χ1v) is 12.2. The fourth-order valence-electron chi connectivity index (χ4n) is 3.47. The van der Waals surface area contributed by atoms with Crippen molar-refractivity contribution in [2.24, 2.45) is 0 Å². The van der Waals surface area contributed by atoms with Crippen LogP contribution in [0.15, 0.2) is 0 Å². The maximum Gasteiger partial charge on any atom is 3.00 e. The molecule has 0 heterocycles. The average Bonchev–Trinajstić information content (AvgIpc) is 2.82. The zero-order valence-electron chi connectivity index (χ0n) is 22.9. The van der Waals surface area contributed by atoms with Gasteiger partial charge in [0.2, 0.25) is 11.8 Å². The van der Waals surface area contributed by atoms with E-state index in [0.29, 0.717) is 0 Å². The smallest absolute Gasteiger partial charge is 0.481 e. The summed E-state index contributed by atoms with van der Waals surface area (Å²) in [4.78, 5) is 106. The van der Waals surface area contributed by atoms with Crippen molar-refractivity contribution in [1.82, 2.24) is 25.3 Å². The molecule has 2 atom stereocenters. The number of aliphatic carboxylic acids is 7. The summed E-state index contributed by atoms with van der Waals surface area (Å²) in [5.74, 6) is -12.5. The second-order valence-corrected chi connectivity index (χ2v) is 8.99. The third-order valence-electron chi connectivity index (χ3n) is 5.30. The van der Waals surface area contributed by atoms with Gasteiger partial charge in [-0.15, -0.1) is 0 Å². The minimum Gasteiger partial charge on any atom is -0.481 e. The molecule has 0 bridgehead atoms. The fourth-order valence-corrected chi connectivity index (χ4v) is 3.47. The zero-order chi connectivity index (χ0) is 33.3. The van der Waals surface area contributed by atoms with Crippen molar-refractivity contribution in [2.75, 3.05) is 58.9 Å². The molecule has 0 saturated heterocycles. The predicted molar refractivity (Wildman–Crippen MR) is 136 cm³/mol. The average molecular weight is 781 g/mol. The quantitative estimate of drug-likeness (QED) is 0.0444. The SMILES string of the molecule is O=C(O)CC(NC(=O)CN(CCN(CCN(CC(=O)O)CC(=O)NC(CC(=O)O)C(=O)O)CC(=O)O)CC(=O)O)C(=O)O.[Gd+3]. The maximum atomic E-state index is 12.3. The van der Waals surface area contributed by atoms with Gasteiger partial charge in [-0.1, -0.05) is 0 Å². The third kappa shape index (κ3) is 21.2. The van der Waals surface area contributed by atoms with Crippen LogP contribution in [0.2, 0.25) is 0 Å². The normalized spacial score (nSPS) is 12.1. The van der Waals surface area contributed by atoms with E-state index < -0.39 is 111 Å². The summed E-state index contributed by atoms with van der Waals surface area (Å²) in [6.45, 7) is -4.58. The van der Waals surface area contributed by atoms with Gasteiger partial charge in [-0.3, -0.25) is 48.3 Å². The van der Waals surface area contributed by atoms with Gasteiger partial charge in [0.1, 0.15) is 12.1 Å². The van der Waals surface area contributed by atoms with E-state index in [-0.39, 0.29) is 66.1 Å². The van der Waals surface area contributed by atoms with Crippen molar-refractivity contribution in [3.8, 4) is 0 Å². The molecule has 44 heavy (non-hydrogen) atoms. The van der Waals surface area contributed by atoms with Gasteiger partial charge >= 0.3 is 81.7 Å². The Balaban J connectivity index is 0. The number of nitrogens with zero attached hydrogens (tertiary/aromatic N) is 3. The molecule has 21 nitrogen and oxygen atoms in total. The number of hydrogen-bond donors (Lipinski definition) is 9. The molecule has 247 valence electrons. The molecule has 0 aliphatic heterocycles. The summed E-state index contributed by atoms with van der Waals surface area (Å²) in [5, 5.41) is 67.2. The van der Waals surface area contributed by atoms with Crippen molar-refractivity contribution >= 4 is 53.6 Å². The summed E-state index contributed by atoms with van der Waals surface area (Å²) in [7, 11) is 0. The fraction of sp³-hybridized carbons (Fsp3) is 0.591. The van der Waals surface area contributed by atoms with Crippen LogP contribution in [0.5, 0.6) is 0 Å². The molecule has 0 aromatic rings. The Hall–Kier alpha value is -3.57. The van der Waals surface area contributed by atoms with Crippen molar-refractivity contribution in [3.05, 3.63) is 0 Å². The molecule has 0 saturated carbocycles. The van der Waals surface area contributed by atoms with Crippen molar-refractivity contribution in [2.45, 2.75) is 24.9 Å². The van der Waals surface area contributed by atoms with Crippen LogP contribution in [0.3, 0.4) is 0 Å². The Labute approximate surface area is 280 Å². The molecule has 0 fully saturated rings. The van der Waals surface area contributed by atoms with Gasteiger partial charge in [0.15, 0.2) is 0 Å². The molecule has 2 amide bonds. The van der Waals surface area contributed by atoms with E-state index in [2.05, 4.69) is 0 Å². The first kappa shape index (κ1) is 42.6. The van der Waals surface area contributed by atoms with Gasteiger partial charge in [0, 0.05) is 26.2 Å². The van der Waals surface area contributed by atoms with E-state index >= 15 is 0 Å². The van der Waals surface area contributed by atoms with Gasteiger partial charge in [0.05, 0.1) is 45.6 Å². The molecule has 0 aliphatic rings. The predicted octanol–water partition coefficient (Wildman–Crippen LogP) is -4.77. The topological polar surface area (TPSA) is 329 Å². The molecule has 0 aromatic heterocycles.